The number of methoxy groups -OCH3 is 4. The molecule has 8 heteroatoms. The summed E-state index contributed by atoms with van der Waals surface area (Å²) in [4.78, 5) is 12.5. The van der Waals surface area contributed by atoms with Gasteiger partial charge in [0.1, 0.15) is 28.8 Å². The standard InChI is InChI=1S/C22H22ClNO6/c1-26-15-11-20(28-3)16(21(12-15)29-4)10-14-6-8-19(30-14)22(25)24-13-5-7-18(27-2)17(23)9-13/h5-9,11-12H,10H2,1-4H3,(H,24,25). The van der Waals surface area contributed by atoms with Crippen molar-refractivity contribution < 1.29 is 28.2 Å². The number of ether oxygens (including phenoxy) is 4. The highest BCUT2D eigenvalue weighted by Crippen LogP contribution is 2.36. The summed E-state index contributed by atoms with van der Waals surface area (Å²) in [6.45, 7) is 0. The lowest BCUT2D eigenvalue weighted by atomic mass is 10.1. The molecule has 158 valence electrons. The van der Waals surface area contributed by atoms with Crippen molar-refractivity contribution >= 4 is 23.2 Å². The molecule has 0 bridgehead atoms. The van der Waals surface area contributed by atoms with Crippen molar-refractivity contribution in [1.29, 1.82) is 0 Å². The van der Waals surface area contributed by atoms with Gasteiger partial charge in [0, 0.05) is 29.8 Å². The van der Waals surface area contributed by atoms with Crippen LogP contribution in [0.4, 0.5) is 5.69 Å². The van der Waals surface area contributed by atoms with Gasteiger partial charge in [0.2, 0.25) is 0 Å². The molecule has 3 rings (SSSR count). The normalized spacial score (nSPS) is 10.4. The van der Waals surface area contributed by atoms with E-state index in [0.29, 0.717) is 45.9 Å². The van der Waals surface area contributed by atoms with Crippen LogP contribution in [-0.4, -0.2) is 34.3 Å². The van der Waals surface area contributed by atoms with Crippen molar-refractivity contribution in [2.24, 2.45) is 0 Å². The first-order valence-corrected chi connectivity index (χ1v) is 9.39. The second kappa shape index (κ2) is 9.45. The van der Waals surface area contributed by atoms with Crippen molar-refractivity contribution in [3.05, 3.63) is 64.6 Å². The van der Waals surface area contributed by atoms with Gasteiger partial charge >= 0.3 is 0 Å². The third kappa shape index (κ3) is 4.63. The van der Waals surface area contributed by atoms with Crippen molar-refractivity contribution in [3.63, 3.8) is 0 Å². The largest absolute Gasteiger partial charge is 0.496 e. The van der Waals surface area contributed by atoms with Crippen LogP contribution in [-0.2, 0) is 6.42 Å². The van der Waals surface area contributed by atoms with Crippen LogP contribution in [0.15, 0.2) is 46.9 Å². The third-order valence-corrected chi connectivity index (χ3v) is 4.76. The number of nitrogens with one attached hydrogen (secondary N) is 1. The van der Waals surface area contributed by atoms with Gasteiger partial charge in [-0.15, -0.1) is 0 Å². The van der Waals surface area contributed by atoms with E-state index in [2.05, 4.69) is 5.32 Å². The van der Waals surface area contributed by atoms with Gasteiger partial charge in [-0.1, -0.05) is 11.6 Å². The third-order valence-electron chi connectivity index (χ3n) is 4.46. The number of anilines is 1. The Bertz CT molecular complexity index is 1020. The Morgan fingerprint density at radius 2 is 1.57 bits per heavy atom. The predicted octanol–water partition coefficient (Wildman–Crippen LogP) is 4.81. The van der Waals surface area contributed by atoms with Crippen LogP contribution in [0.3, 0.4) is 0 Å². The predicted molar refractivity (Wildman–Crippen MR) is 114 cm³/mol. The van der Waals surface area contributed by atoms with E-state index in [9.17, 15) is 4.79 Å². The summed E-state index contributed by atoms with van der Waals surface area (Å²) in [7, 11) is 6.23. The molecule has 0 radical (unpaired) electrons. The summed E-state index contributed by atoms with van der Waals surface area (Å²) >= 11 is 6.10. The highest BCUT2D eigenvalue weighted by Gasteiger charge is 2.18. The molecule has 0 atom stereocenters. The maximum atomic E-state index is 12.5. The molecule has 7 nitrogen and oxygen atoms in total. The van der Waals surface area contributed by atoms with E-state index in [4.69, 9.17) is 35.0 Å². The Kier molecular flexibility index (Phi) is 6.74. The van der Waals surface area contributed by atoms with Crippen LogP contribution in [0.25, 0.3) is 0 Å². The maximum absolute atomic E-state index is 12.5. The zero-order valence-electron chi connectivity index (χ0n) is 17.1. The molecule has 0 fully saturated rings. The quantitative estimate of drug-likeness (QED) is 0.551. The van der Waals surface area contributed by atoms with Gasteiger partial charge in [0.05, 0.1) is 33.5 Å². The smallest absolute Gasteiger partial charge is 0.291 e. The highest BCUT2D eigenvalue weighted by molar-refractivity contribution is 6.32. The van der Waals surface area contributed by atoms with Gasteiger partial charge in [-0.25, -0.2) is 0 Å². The molecule has 0 aliphatic carbocycles. The Morgan fingerprint density at radius 1 is 0.900 bits per heavy atom. The molecule has 0 saturated carbocycles. The lowest BCUT2D eigenvalue weighted by molar-refractivity contribution is 0.0995. The maximum Gasteiger partial charge on any atom is 0.291 e. The topological polar surface area (TPSA) is 79.2 Å². The second-order valence-electron chi connectivity index (χ2n) is 6.26. The SMILES string of the molecule is COc1cc(OC)c(Cc2ccc(C(=O)Nc3ccc(OC)c(Cl)c3)o2)c(OC)c1. The zero-order chi connectivity index (χ0) is 21.7. The highest BCUT2D eigenvalue weighted by atomic mass is 35.5. The zero-order valence-corrected chi connectivity index (χ0v) is 17.8. The molecule has 1 heterocycles. The van der Waals surface area contributed by atoms with Crippen molar-refractivity contribution in [3.8, 4) is 23.0 Å². The molecular weight excluding hydrogens is 410 g/mol. The van der Waals surface area contributed by atoms with E-state index in [1.54, 1.807) is 63.8 Å². The van der Waals surface area contributed by atoms with Gasteiger partial charge in [-0.3, -0.25) is 4.79 Å². The Labute approximate surface area is 179 Å². The van der Waals surface area contributed by atoms with Crippen molar-refractivity contribution in [2.45, 2.75) is 6.42 Å². The van der Waals surface area contributed by atoms with Crippen LogP contribution in [0.1, 0.15) is 21.9 Å². The molecule has 0 saturated heterocycles. The summed E-state index contributed by atoms with van der Waals surface area (Å²) in [5, 5.41) is 3.15. The minimum Gasteiger partial charge on any atom is -0.496 e. The van der Waals surface area contributed by atoms with Gasteiger partial charge < -0.3 is 28.7 Å². The molecule has 1 amide bonds. The molecule has 0 spiro atoms. The van der Waals surface area contributed by atoms with Crippen molar-refractivity contribution in [1.82, 2.24) is 0 Å². The fourth-order valence-electron chi connectivity index (χ4n) is 2.96. The number of carbonyl (C=O) groups is 1. The van der Waals surface area contributed by atoms with E-state index in [0.717, 1.165) is 5.56 Å². The molecule has 2 aromatic carbocycles. The average molecular weight is 432 g/mol. The van der Waals surface area contributed by atoms with Crippen LogP contribution in [0, 0.1) is 0 Å². The van der Waals surface area contributed by atoms with E-state index >= 15 is 0 Å². The van der Waals surface area contributed by atoms with Crippen LogP contribution in [0.2, 0.25) is 5.02 Å². The van der Waals surface area contributed by atoms with Gasteiger partial charge in [-0.05, 0) is 30.3 Å². The van der Waals surface area contributed by atoms with E-state index in [1.807, 2.05) is 0 Å². The number of hydrogen-bond acceptors (Lipinski definition) is 6. The molecule has 30 heavy (non-hydrogen) atoms. The average Bonchev–Trinajstić information content (AvgIpc) is 3.22. The lowest BCUT2D eigenvalue weighted by Crippen LogP contribution is -2.10. The van der Waals surface area contributed by atoms with Gasteiger partial charge in [0.15, 0.2) is 5.76 Å². The van der Waals surface area contributed by atoms with E-state index < -0.39 is 5.91 Å². The first kappa shape index (κ1) is 21.4. The van der Waals surface area contributed by atoms with Crippen LogP contribution < -0.4 is 24.3 Å². The molecule has 1 N–H and O–H groups in total. The minimum atomic E-state index is -0.392. The molecule has 0 aliphatic heterocycles. The fraction of sp³-hybridized carbons (Fsp3) is 0.227. The molecule has 0 aliphatic rings. The summed E-state index contributed by atoms with van der Waals surface area (Å²) in [5.41, 5.74) is 1.31. The number of carbonyl (C=O) groups excluding carboxylic acids is 1. The number of amides is 1. The van der Waals surface area contributed by atoms with Gasteiger partial charge in [0.25, 0.3) is 5.91 Å². The monoisotopic (exact) mass is 431 g/mol. The Morgan fingerprint density at radius 3 is 2.13 bits per heavy atom. The summed E-state index contributed by atoms with van der Waals surface area (Å²) in [6, 6.07) is 11.9. The first-order chi connectivity index (χ1) is 14.5. The minimum absolute atomic E-state index is 0.170. The van der Waals surface area contributed by atoms with Crippen LogP contribution in [0.5, 0.6) is 23.0 Å². The molecule has 0 unspecified atom stereocenters. The molecular formula is C22H22ClNO6. The summed E-state index contributed by atoms with van der Waals surface area (Å²) < 4.78 is 27.0. The van der Waals surface area contributed by atoms with Crippen LogP contribution >= 0.6 is 11.6 Å². The van der Waals surface area contributed by atoms with Crippen molar-refractivity contribution in [2.75, 3.05) is 33.8 Å². The van der Waals surface area contributed by atoms with Gasteiger partial charge in [-0.2, -0.15) is 0 Å². The van der Waals surface area contributed by atoms with E-state index in [1.165, 1.54) is 7.11 Å². The fourth-order valence-corrected chi connectivity index (χ4v) is 3.22. The number of rotatable bonds is 8. The lowest BCUT2D eigenvalue weighted by Gasteiger charge is -2.14. The Hall–Kier alpha value is -3.32. The van der Waals surface area contributed by atoms with E-state index in [-0.39, 0.29) is 5.76 Å². The summed E-state index contributed by atoms with van der Waals surface area (Å²) in [5.74, 6) is 2.69. The number of hydrogen-bond donors (Lipinski definition) is 1. The first-order valence-electron chi connectivity index (χ1n) is 9.01. The number of furan rings is 1. The number of halogens is 1. The number of benzene rings is 2. The second-order valence-corrected chi connectivity index (χ2v) is 6.66. The Balaban J connectivity index is 1.78. The molecule has 3 aromatic rings. The summed E-state index contributed by atoms with van der Waals surface area (Å²) in [6.07, 6.45) is 0.373. The molecule has 1 aromatic heterocycles.